The van der Waals surface area contributed by atoms with E-state index < -0.39 is 5.91 Å². The monoisotopic (exact) mass is 438 g/mol. The number of aromatic nitrogens is 5. The second-order valence-corrected chi connectivity index (χ2v) is 6.59. The molecule has 2 aromatic heterocycles. The first kappa shape index (κ1) is 20.0. The molecular weight excluding hydrogens is 424 g/mol. The summed E-state index contributed by atoms with van der Waals surface area (Å²) in [6.45, 7) is 0. The van der Waals surface area contributed by atoms with E-state index in [2.05, 4.69) is 35.8 Å². The third kappa shape index (κ3) is 4.21. The van der Waals surface area contributed by atoms with Crippen LogP contribution in [0.15, 0.2) is 58.3 Å². The Labute approximate surface area is 180 Å². The van der Waals surface area contributed by atoms with Crippen LogP contribution in [0, 0.1) is 0 Å². The van der Waals surface area contributed by atoms with Crippen molar-refractivity contribution in [3.8, 4) is 22.8 Å². The first-order valence-electron chi connectivity index (χ1n) is 8.84. The first-order chi connectivity index (χ1) is 15.1. The molecule has 2 aromatic carbocycles. The SMILES string of the molecule is COc1cccc(-c2c(C(=O)NN=Cc3ccc(Cl)cc3)nnn2-c2nonc2N)c1. The number of nitrogens with zero attached hydrogens (tertiary/aromatic N) is 6. The number of benzene rings is 2. The lowest BCUT2D eigenvalue weighted by Crippen LogP contribution is -2.19. The highest BCUT2D eigenvalue weighted by Crippen LogP contribution is 2.28. The summed E-state index contributed by atoms with van der Waals surface area (Å²) in [6.07, 6.45) is 1.48. The number of methoxy groups -OCH3 is 1. The molecule has 1 amide bonds. The second kappa shape index (κ2) is 8.63. The van der Waals surface area contributed by atoms with Gasteiger partial charge in [-0.1, -0.05) is 41.1 Å². The lowest BCUT2D eigenvalue weighted by atomic mass is 10.1. The third-order valence-corrected chi connectivity index (χ3v) is 4.43. The molecule has 0 aliphatic rings. The van der Waals surface area contributed by atoms with Gasteiger partial charge in [0.25, 0.3) is 5.91 Å². The highest BCUT2D eigenvalue weighted by molar-refractivity contribution is 6.30. The van der Waals surface area contributed by atoms with Gasteiger partial charge in [0.15, 0.2) is 5.69 Å². The number of nitrogens with one attached hydrogen (secondary N) is 1. The number of amides is 1. The molecule has 0 spiro atoms. The number of carbonyl (C=O) groups excluding carboxylic acids is 1. The molecule has 0 saturated carbocycles. The Kier molecular flexibility index (Phi) is 5.58. The van der Waals surface area contributed by atoms with E-state index in [0.717, 1.165) is 5.56 Å². The Bertz CT molecular complexity index is 1250. The molecule has 0 aliphatic carbocycles. The number of ether oxygens (including phenoxy) is 1. The number of hydrogen-bond acceptors (Lipinski definition) is 9. The predicted molar refractivity (Wildman–Crippen MR) is 112 cm³/mol. The summed E-state index contributed by atoms with van der Waals surface area (Å²) in [7, 11) is 1.54. The minimum Gasteiger partial charge on any atom is -0.497 e. The standard InChI is InChI=1S/C19H15ClN8O3/c1-30-14-4-2-3-12(9-14)16-15(23-27-28(16)18-17(21)25-31-26-18)19(29)24-22-10-11-5-7-13(20)8-6-11/h2-10H,1H3,(H2,21,25)(H,24,29). The Morgan fingerprint density at radius 2 is 2.06 bits per heavy atom. The summed E-state index contributed by atoms with van der Waals surface area (Å²) in [4.78, 5) is 12.8. The van der Waals surface area contributed by atoms with Crippen LogP contribution in [0.4, 0.5) is 5.82 Å². The van der Waals surface area contributed by atoms with Gasteiger partial charge in [0.1, 0.15) is 11.4 Å². The molecule has 3 N–H and O–H groups in total. The number of halogens is 1. The van der Waals surface area contributed by atoms with Gasteiger partial charge in [-0.15, -0.1) is 5.10 Å². The van der Waals surface area contributed by atoms with E-state index in [1.807, 2.05) is 0 Å². The van der Waals surface area contributed by atoms with E-state index in [9.17, 15) is 4.79 Å². The Morgan fingerprint density at radius 3 is 2.77 bits per heavy atom. The highest BCUT2D eigenvalue weighted by Gasteiger charge is 2.25. The number of hydrogen-bond donors (Lipinski definition) is 2. The lowest BCUT2D eigenvalue weighted by Gasteiger charge is -2.07. The van der Waals surface area contributed by atoms with Crippen molar-refractivity contribution >= 4 is 29.5 Å². The highest BCUT2D eigenvalue weighted by atomic mass is 35.5. The molecule has 12 heteroatoms. The number of nitrogen functional groups attached to an aromatic ring is 1. The van der Waals surface area contributed by atoms with E-state index in [1.54, 1.807) is 48.5 Å². The Hall–Kier alpha value is -4.25. The molecule has 0 atom stereocenters. The lowest BCUT2D eigenvalue weighted by molar-refractivity contribution is 0.0950. The molecule has 4 rings (SSSR count). The maximum atomic E-state index is 12.8. The summed E-state index contributed by atoms with van der Waals surface area (Å²) in [5.41, 5.74) is 9.87. The van der Waals surface area contributed by atoms with Crippen molar-refractivity contribution in [2.45, 2.75) is 0 Å². The molecule has 0 bridgehead atoms. The summed E-state index contributed by atoms with van der Waals surface area (Å²) in [5.74, 6) is 0.0590. The molecule has 0 radical (unpaired) electrons. The van der Waals surface area contributed by atoms with Gasteiger partial charge in [-0.3, -0.25) is 4.79 Å². The zero-order valence-electron chi connectivity index (χ0n) is 16.1. The van der Waals surface area contributed by atoms with Gasteiger partial charge in [0.2, 0.25) is 11.6 Å². The normalized spacial score (nSPS) is 11.0. The fourth-order valence-electron chi connectivity index (χ4n) is 2.72. The van der Waals surface area contributed by atoms with E-state index in [-0.39, 0.29) is 17.3 Å². The second-order valence-electron chi connectivity index (χ2n) is 6.15. The molecule has 0 unspecified atom stereocenters. The van der Waals surface area contributed by atoms with E-state index in [0.29, 0.717) is 22.0 Å². The molecule has 4 aromatic rings. The summed E-state index contributed by atoms with van der Waals surface area (Å²) in [5, 5.41) is 19.8. The van der Waals surface area contributed by atoms with Gasteiger partial charge in [0.05, 0.1) is 13.3 Å². The average molecular weight is 439 g/mol. The van der Waals surface area contributed by atoms with Gasteiger partial charge >= 0.3 is 0 Å². The van der Waals surface area contributed by atoms with E-state index >= 15 is 0 Å². The fourth-order valence-corrected chi connectivity index (χ4v) is 2.84. The van der Waals surface area contributed by atoms with Crippen molar-refractivity contribution in [2.75, 3.05) is 12.8 Å². The van der Waals surface area contributed by atoms with Crippen LogP contribution in [-0.2, 0) is 0 Å². The minimum absolute atomic E-state index is 0.0103. The average Bonchev–Trinajstić information content (AvgIpc) is 3.41. The molecule has 31 heavy (non-hydrogen) atoms. The van der Waals surface area contributed by atoms with Crippen LogP contribution in [0.2, 0.25) is 5.02 Å². The Morgan fingerprint density at radius 1 is 1.26 bits per heavy atom. The maximum absolute atomic E-state index is 12.8. The summed E-state index contributed by atoms with van der Waals surface area (Å²) in [6, 6.07) is 14.0. The van der Waals surface area contributed by atoms with Gasteiger partial charge in [-0.25, -0.2) is 10.1 Å². The van der Waals surface area contributed by atoms with Gasteiger partial charge in [0, 0.05) is 10.6 Å². The molecular formula is C19H15ClN8O3. The quantitative estimate of drug-likeness (QED) is 0.344. The molecule has 0 fully saturated rings. The molecule has 0 aliphatic heterocycles. The molecule has 11 nitrogen and oxygen atoms in total. The molecule has 0 saturated heterocycles. The van der Waals surface area contributed by atoms with Crippen molar-refractivity contribution < 1.29 is 14.2 Å². The minimum atomic E-state index is -0.593. The predicted octanol–water partition coefficient (Wildman–Crippen LogP) is 2.33. The van der Waals surface area contributed by atoms with Crippen molar-refractivity contribution in [3.05, 3.63) is 64.8 Å². The van der Waals surface area contributed by atoms with Crippen molar-refractivity contribution in [2.24, 2.45) is 5.10 Å². The van der Waals surface area contributed by atoms with E-state index in [1.165, 1.54) is 18.0 Å². The number of nitrogens with two attached hydrogens (primary N) is 1. The maximum Gasteiger partial charge on any atom is 0.294 e. The number of carbonyl (C=O) groups is 1. The summed E-state index contributed by atoms with van der Waals surface area (Å²) < 4.78 is 11.2. The zero-order chi connectivity index (χ0) is 21.8. The van der Waals surface area contributed by atoms with Crippen LogP contribution >= 0.6 is 11.6 Å². The fraction of sp³-hybridized carbons (Fsp3) is 0.0526. The van der Waals surface area contributed by atoms with Crippen molar-refractivity contribution in [1.82, 2.24) is 30.7 Å². The molecule has 2 heterocycles. The Balaban J connectivity index is 1.70. The van der Waals surface area contributed by atoms with Crippen LogP contribution < -0.4 is 15.9 Å². The van der Waals surface area contributed by atoms with Gasteiger partial charge in [-0.2, -0.15) is 9.78 Å². The smallest absolute Gasteiger partial charge is 0.294 e. The van der Waals surface area contributed by atoms with Crippen LogP contribution in [-0.4, -0.2) is 44.5 Å². The van der Waals surface area contributed by atoms with Gasteiger partial charge < -0.3 is 10.5 Å². The number of anilines is 1. The van der Waals surface area contributed by atoms with Gasteiger partial charge in [-0.05, 0) is 40.1 Å². The first-order valence-corrected chi connectivity index (χ1v) is 9.22. The van der Waals surface area contributed by atoms with Crippen LogP contribution in [0.3, 0.4) is 0 Å². The van der Waals surface area contributed by atoms with Crippen molar-refractivity contribution in [3.63, 3.8) is 0 Å². The summed E-state index contributed by atoms with van der Waals surface area (Å²) >= 11 is 5.86. The topological polar surface area (TPSA) is 146 Å². The van der Waals surface area contributed by atoms with Crippen LogP contribution in [0.1, 0.15) is 16.1 Å². The number of hydrazone groups is 1. The largest absolute Gasteiger partial charge is 0.497 e. The van der Waals surface area contributed by atoms with E-state index in [4.69, 9.17) is 22.1 Å². The van der Waals surface area contributed by atoms with Crippen LogP contribution in [0.25, 0.3) is 17.1 Å². The molecule has 156 valence electrons. The third-order valence-electron chi connectivity index (χ3n) is 4.17. The van der Waals surface area contributed by atoms with Crippen LogP contribution in [0.5, 0.6) is 5.75 Å². The zero-order valence-corrected chi connectivity index (χ0v) is 16.8. The van der Waals surface area contributed by atoms with Crippen molar-refractivity contribution in [1.29, 1.82) is 0 Å². The number of rotatable bonds is 6.